The molecule has 2 aromatic carbocycles. The third kappa shape index (κ3) is 2.98. The third-order valence-corrected chi connectivity index (χ3v) is 2.78. The zero-order valence-corrected chi connectivity index (χ0v) is 10.2. The largest absolute Gasteiger partial charge is 0.481 e. The van der Waals surface area contributed by atoms with Gasteiger partial charge in [-0.05, 0) is 23.8 Å². The average Bonchev–Trinajstić information content (AvgIpc) is 2.41. The molecular formula is C15H13NO3. The van der Waals surface area contributed by atoms with E-state index >= 15 is 0 Å². The number of rotatable bonds is 4. The van der Waals surface area contributed by atoms with Crippen molar-refractivity contribution in [1.29, 1.82) is 0 Å². The van der Waals surface area contributed by atoms with Gasteiger partial charge in [0.1, 0.15) is 0 Å². The second-order valence-corrected chi connectivity index (χ2v) is 4.18. The summed E-state index contributed by atoms with van der Waals surface area (Å²) in [5, 5.41) is 8.80. The van der Waals surface area contributed by atoms with Crippen molar-refractivity contribution in [3.8, 4) is 0 Å². The minimum atomic E-state index is -0.976. The lowest BCUT2D eigenvalue weighted by molar-refractivity contribution is -0.136. The van der Waals surface area contributed by atoms with E-state index in [9.17, 15) is 9.59 Å². The molecule has 2 rings (SSSR count). The predicted octanol–water partition coefficient (Wildman–Crippen LogP) is 2.13. The molecule has 19 heavy (non-hydrogen) atoms. The van der Waals surface area contributed by atoms with Crippen LogP contribution in [0.1, 0.15) is 21.5 Å². The maximum Gasteiger partial charge on any atom is 0.307 e. The lowest BCUT2D eigenvalue weighted by atomic mass is 9.99. The van der Waals surface area contributed by atoms with Gasteiger partial charge in [0.05, 0.1) is 6.42 Å². The first kappa shape index (κ1) is 12.8. The first-order valence-electron chi connectivity index (χ1n) is 5.78. The zero-order valence-electron chi connectivity index (χ0n) is 10.2. The number of carbonyl (C=O) groups excluding carboxylic acids is 1. The monoisotopic (exact) mass is 255 g/mol. The predicted molar refractivity (Wildman–Crippen MR) is 72.1 cm³/mol. The lowest BCUT2D eigenvalue weighted by Gasteiger charge is -2.06. The summed E-state index contributed by atoms with van der Waals surface area (Å²) in [4.78, 5) is 22.9. The number of ketones is 1. The maximum atomic E-state index is 12.2. The normalized spacial score (nSPS) is 10.1. The number of hydrogen-bond acceptors (Lipinski definition) is 3. The van der Waals surface area contributed by atoms with Gasteiger partial charge in [-0.15, -0.1) is 0 Å². The number of hydrogen-bond donors (Lipinski definition) is 2. The number of carboxylic acids is 1. The number of nitrogen functional groups attached to an aromatic ring is 1. The molecule has 0 atom stereocenters. The molecule has 0 aliphatic carbocycles. The van der Waals surface area contributed by atoms with Gasteiger partial charge in [0.15, 0.2) is 5.78 Å². The molecule has 0 bridgehead atoms. The van der Waals surface area contributed by atoms with Crippen LogP contribution in [-0.4, -0.2) is 16.9 Å². The van der Waals surface area contributed by atoms with E-state index in [2.05, 4.69) is 0 Å². The van der Waals surface area contributed by atoms with Crippen molar-refractivity contribution < 1.29 is 14.7 Å². The SMILES string of the molecule is Nc1ccc(C(=O)c2ccccc2)cc1CC(=O)O. The summed E-state index contributed by atoms with van der Waals surface area (Å²) in [6, 6.07) is 13.5. The fraction of sp³-hybridized carbons (Fsp3) is 0.0667. The molecule has 4 nitrogen and oxygen atoms in total. The highest BCUT2D eigenvalue weighted by atomic mass is 16.4. The van der Waals surface area contributed by atoms with Gasteiger partial charge in [0, 0.05) is 16.8 Å². The first-order chi connectivity index (χ1) is 9.08. The molecule has 0 aromatic heterocycles. The van der Waals surface area contributed by atoms with Gasteiger partial charge in [-0.2, -0.15) is 0 Å². The molecule has 0 saturated carbocycles. The van der Waals surface area contributed by atoms with Crippen molar-refractivity contribution in [1.82, 2.24) is 0 Å². The van der Waals surface area contributed by atoms with Crippen LogP contribution in [0.5, 0.6) is 0 Å². The minimum absolute atomic E-state index is 0.146. The number of nitrogens with two attached hydrogens (primary N) is 1. The van der Waals surface area contributed by atoms with Crippen molar-refractivity contribution in [2.75, 3.05) is 5.73 Å². The number of aliphatic carboxylic acids is 1. The Bertz CT molecular complexity index is 621. The summed E-state index contributed by atoms with van der Waals surface area (Å²) in [5.41, 5.74) is 7.54. The number of carboxylic acid groups (broad SMARTS) is 1. The highest BCUT2D eigenvalue weighted by Gasteiger charge is 2.12. The second-order valence-electron chi connectivity index (χ2n) is 4.18. The fourth-order valence-electron chi connectivity index (χ4n) is 1.82. The van der Waals surface area contributed by atoms with Gasteiger partial charge >= 0.3 is 5.97 Å². The number of anilines is 1. The highest BCUT2D eigenvalue weighted by molar-refractivity contribution is 6.09. The maximum absolute atomic E-state index is 12.2. The van der Waals surface area contributed by atoms with Crippen LogP contribution in [0.4, 0.5) is 5.69 Å². The Hall–Kier alpha value is -2.62. The average molecular weight is 255 g/mol. The van der Waals surface area contributed by atoms with Crippen molar-refractivity contribution in [3.05, 3.63) is 65.2 Å². The summed E-state index contributed by atoms with van der Waals surface area (Å²) >= 11 is 0. The molecule has 0 spiro atoms. The van der Waals surface area contributed by atoms with E-state index in [-0.39, 0.29) is 12.2 Å². The van der Waals surface area contributed by atoms with Crippen LogP contribution in [0, 0.1) is 0 Å². The van der Waals surface area contributed by atoms with E-state index in [4.69, 9.17) is 10.8 Å². The fourth-order valence-corrected chi connectivity index (χ4v) is 1.82. The molecule has 0 radical (unpaired) electrons. The summed E-state index contributed by atoms with van der Waals surface area (Å²) in [6.45, 7) is 0. The molecule has 2 aromatic rings. The van der Waals surface area contributed by atoms with Crippen molar-refractivity contribution >= 4 is 17.4 Å². The van der Waals surface area contributed by atoms with Crippen LogP contribution in [0.15, 0.2) is 48.5 Å². The molecule has 0 heterocycles. The summed E-state index contributed by atoms with van der Waals surface area (Å²) < 4.78 is 0. The molecule has 0 saturated heterocycles. The number of benzene rings is 2. The zero-order chi connectivity index (χ0) is 13.8. The summed E-state index contributed by atoms with van der Waals surface area (Å²) in [7, 11) is 0. The molecule has 0 aliphatic heterocycles. The Morgan fingerprint density at radius 3 is 2.32 bits per heavy atom. The smallest absolute Gasteiger partial charge is 0.307 e. The van der Waals surface area contributed by atoms with E-state index in [1.54, 1.807) is 42.5 Å². The van der Waals surface area contributed by atoms with Gasteiger partial charge in [-0.3, -0.25) is 9.59 Å². The van der Waals surface area contributed by atoms with E-state index in [1.165, 1.54) is 0 Å². The standard InChI is InChI=1S/C15H13NO3/c16-13-7-6-11(8-12(13)9-14(17)18)15(19)10-4-2-1-3-5-10/h1-8H,9,16H2,(H,17,18). The topological polar surface area (TPSA) is 80.4 Å². The Labute approximate surface area is 110 Å². The van der Waals surface area contributed by atoms with Crippen molar-refractivity contribution in [2.24, 2.45) is 0 Å². The lowest BCUT2D eigenvalue weighted by Crippen LogP contribution is -2.07. The Kier molecular flexibility index (Phi) is 3.61. The summed E-state index contributed by atoms with van der Waals surface area (Å²) in [5.74, 6) is -1.12. The molecule has 3 N–H and O–H groups in total. The van der Waals surface area contributed by atoms with Crippen molar-refractivity contribution in [3.63, 3.8) is 0 Å². The molecule has 0 unspecified atom stereocenters. The van der Waals surface area contributed by atoms with Crippen LogP contribution < -0.4 is 5.73 Å². The van der Waals surface area contributed by atoms with E-state index in [0.717, 1.165) is 0 Å². The van der Waals surface area contributed by atoms with Gasteiger partial charge in [0.25, 0.3) is 0 Å². The van der Waals surface area contributed by atoms with Crippen molar-refractivity contribution in [2.45, 2.75) is 6.42 Å². The first-order valence-corrected chi connectivity index (χ1v) is 5.78. The van der Waals surface area contributed by atoms with Crippen LogP contribution >= 0.6 is 0 Å². The quantitative estimate of drug-likeness (QED) is 0.647. The van der Waals surface area contributed by atoms with Crippen LogP contribution in [0.25, 0.3) is 0 Å². The molecular weight excluding hydrogens is 242 g/mol. The van der Waals surface area contributed by atoms with Gasteiger partial charge in [-0.25, -0.2) is 0 Å². The van der Waals surface area contributed by atoms with Gasteiger partial charge in [0.2, 0.25) is 0 Å². The molecule has 96 valence electrons. The minimum Gasteiger partial charge on any atom is -0.481 e. The molecule has 0 amide bonds. The van der Waals surface area contributed by atoms with Gasteiger partial charge < -0.3 is 10.8 Å². The van der Waals surface area contributed by atoms with E-state index < -0.39 is 5.97 Å². The van der Waals surface area contributed by atoms with E-state index in [0.29, 0.717) is 22.4 Å². The second kappa shape index (κ2) is 5.35. The summed E-state index contributed by atoms with van der Waals surface area (Å²) in [6.07, 6.45) is -0.193. The molecule has 4 heteroatoms. The van der Waals surface area contributed by atoms with Gasteiger partial charge in [-0.1, -0.05) is 30.3 Å². The number of carbonyl (C=O) groups is 2. The third-order valence-electron chi connectivity index (χ3n) is 2.78. The Morgan fingerprint density at radius 2 is 1.68 bits per heavy atom. The van der Waals surface area contributed by atoms with Crippen LogP contribution in [0.3, 0.4) is 0 Å². The highest BCUT2D eigenvalue weighted by Crippen LogP contribution is 2.17. The van der Waals surface area contributed by atoms with E-state index in [1.807, 2.05) is 6.07 Å². The molecule has 0 fully saturated rings. The Balaban J connectivity index is 2.36. The molecule has 0 aliphatic rings. The van der Waals surface area contributed by atoms with Crippen LogP contribution in [0.2, 0.25) is 0 Å². The van der Waals surface area contributed by atoms with Crippen LogP contribution in [-0.2, 0) is 11.2 Å². The Morgan fingerprint density at radius 1 is 1.00 bits per heavy atom.